The van der Waals surface area contributed by atoms with Crippen molar-refractivity contribution in [1.29, 1.82) is 0 Å². The van der Waals surface area contributed by atoms with E-state index in [2.05, 4.69) is 29.4 Å². The van der Waals surface area contributed by atoms with Gasteiger partial charge in [0.2, 0.25) is 16.9 Å². The van der Waals surface area contributed by atoms with Crippen molar-refractivity contribution in [3.05, 3.63) is 29.8 Å². The topological polar surface area (TPSA) is 75.2 Å². The number of hydrogen-bond donors (Lipinski definition) is 1. The summed E-state index contributed by atoms with van der Waals surface area (Å²) in [7, 11) is 0. The third-order valence-electron chi connectivity index (χ3n) is 5.58. The van der Waals surface area contributed by atoms with Gasteiger partial charge in [-0.1, -0.05) is 63.5 Å². The summed E-state index contributed by atoms with van der Waals surface area (Å²) < 4.78 is 38.2. The Morgan fingerprint density at radius 2 is 1.71 bits per heavy atom. The summed E-state index contributed by atoms with van der Waals surface area (Å²) in [6.07, 6.45) is 1.25. The molecule has 1 heterocycles. The van der Waals surface area contributed by atoms with E-state index < -0.39 is 11.7 Å². The van der Waals surface area contributed by atoms with Crippen LogP contribution in [-0.2, 0) is 15.8 Å². The fourth-order valence-corrected chi connectivity index (χ4v) is 4.27. The molecule has 0 aliphatic heterocycles. The highest BCUT2D eigenvalue weighted by atomic mass is 32.1. The molecule has 0 spiro atoms. The maximum Gasteiger partial charge on any atom is 0.416 e. The molecule has 2 amide bonds. The van der Waals surface area contributed by atoms with Crippen LogP contribution in [0.25, 0.3) is 10.6 Å². The Balaban J connectivity index is 1.96. The van der Waals surface area contributed by atoms with Crippen molar-refractivity contribution < 1.29 is 22.8 Å². The number of amides is 2. The fourth-order valence-electron chi connectivity index (χ4n) is 3.50. The van der Waals surface area contributed by atoms with Crippen molar-refractivity contribution >= 4 is 28.3 Å². The first-order valence-corrected chi connectivity index (χ1v) is 12.6. The number of aromatic nitrogens is 2. The summed E-state index contributed by atoms with van der Waals surface area (Å²) >= 11 is 1.08. The molecule has 2 aromatic rings. The molecule has 0 aliphatic rings. The molecular formula is C24H33F3N4O2S. The molecular weight excluding hydrogens is 465 g/mol. The molecule has 0 fully saturated rings. The molecule has 0 saturated carbocycles. The molecule has 1 N–H and O–H groups in total. The number of hydrogen-bond acceptors (Lipinski definition) is 5. The highest BCUT2D eigenvalue weighted by molar-refractivity contribution is 7.18. The third-order valence-corrected chi connectivity index (χ3v) is 6.47. The lowest BCUT2D eigenvalue weighted by Gasteiger charge is -2.27. The Morgan fingerprint density at radius 1 is 1.03 bits per heavy atom. The first-order valence-electron chi connectivity index (χ1n) is 11.8. The van der Waals surface area contributed by atoms with Gasteiger partial charge in [-0.15, -0.1) is 10.2 Å². The van der Waals surface area contributed by atoms with Crippen LogP contribution in [0.5, 0.6) is 0 Å². The van der Waals surface area contributed by atoms with Crippen LogP contribution in [0.2, 0.25) is 0 Å². The van der Waals surface area contributed by atoms with Crippen LogP contribution in [0.4, 0.5) is 18.3 Å². The molecule has 2 rings (SSSR count). The van der Waals surface area contributed by atoms with E-state index in [0.717, 1.165) is 62.0 Å². The summed E-state index contributed by atoms with van der Waals surface area (Å²) in [6.45, 7) is 7.15. The lowest BCUT2D eigenvalue weighted by molar-refractivity contribution is -0.138. The molecule has 1 aromatic carbocycles. The minimum absolute atomic E-state index is 0.0191. The zero-order chi connectivity index (χ0) is 25.1. The Bertz CT molecular complexity index is 916. The molecule has 188 valence electrons. The maximum absolute atomic E-state index is 13.0. The van der Waals surface area contributed by atoms with Gasteiger partial charge in [-0.2, -0.15) is 13.2 Å². The second kappa shape index (κ2) is 13.4. The van der Waals surface area contributed by atoms with Crippen molar-refractivity contribution in [2.24, 2.45) is 5.92 Å². The van der Waals surface area contributed by atoms with Gasteiger partial charge < -0.3 is 10.2 Å². The number of carbonyl (C=O) groups is 2. The standard InChI is InChI=1S/C24H33F3N4O2S/c1-4-7-9-17(6-3)22(33)31(15-8-5-2)16-14-20(32)28-23-30-29-21(34-23)18-10-12-19(13-11-18)24(25,26)27/h10-13,17H,4-9,14-16H2,1-3H3,(H,28,30,32)/t17-/m0/s1. The summed E-state index contributed by atoms with van der Waals surface area (Å²) in [4.78, 5) is 27.3. The predicted molar refractivity (Wildman–Crippen MR) is 128 cm³/mol. The Labute approximate surface area is 203 Å². The van der Waals surface area contributed by atoms with Gasteiger partial charge in [-0.3, -0.25) is 9.59 Å². The monoisotopic (exact) mass is 498 g/mol. The molecule has 1 aromatic heterocycles. The fraction of sp³-hybridized carbons (Fsp3) is 0.583. The molecule has 0 radical (unpaired) electrons. The first-order chi connectivity index (χ1) is 16.2. The number of benzene rings is 1. The van der Waals surface area contributed by atoms with Crippen molar-refractivity contribution in [2.75, 3.05) is 18.4 Å². The number of unbranched alkanes of at least 4 members (excludes halogenated alkanes) is 2. The van der Waals surface area contributed by atoms with Crippen LogP contribution in [-0.4, -0.2) is 40.0 Å². The van der Waals surface area contributed by atoms with E-state index in [-0.39, 0.29) is 29.3 Å². The van der Waals surface area contributed by atoms with Crippen molar-refractivity contribution in [3.8, 4) is 10.6 Å². The van der Waals surface area contributed by atoms with Gasteiger partial charge in [0, 0.05) is 31.0 Å². The van der Waals surface area contributed by atoms with Crippen molar-refractivity contribution in [3.63, 3.8) is 0 Å². The summed E-state index contributed by atoms with van der Waals surface area (Å²) in [5.74, 6) is -0.196. The second-order valence-electron chi connectivity index (χ2n) is 8.21. The molecule has 34 heavy (non-hydrogen) atoms. The molecule has 0 unspecified atom stereocenters. The van der Waals surface area contributed by atoms with E-state index in [1.165, 1.54) is 12.1 Å². The average Bonchev–Trinajstić information content (AvgIpc) is 3.27. The Kier molecular flexibility index (Phi) is 10.9. The number of halogens is 3. The number of nitrogens with one attached hydrogen (secondary N) is 1. The van der Waals surface area contributed by atoms with Gasteiger partial charge in [-0.25, -0.2) is 0 Å². The van der Waals surface area contributed by atoms with E-state index in [4.69, 9.17) is 0 Å². The quantitative estimate of drug-likeness (QED) is 0.347. The van der Waals surface area contributed by atoms with Crippen LogP contribution >= 0.6 is 11.3 Å². The highest BCUT2D eigenvalue weighted by Crippen LogP contribution is 2.32. The van der Waals surface area contributed by atoms with Gasteiger partial charge >= 0.3 is 6.18 Å². The van der Waals surface area contributed by atoms with E-state index in [0.29, 0.717) is 23.7 Å². The summed E-state index contributed by atoms with van der Waals surface area (Å²) in [6, 6.07) is 4.63. The van der Waals surface area contributed by atoms with E-state index in [1.807, 2.05) is 6.92 Å². The number of carbonyl (C=O) groups excluding carboxylic acids is 2. The van der Waals surface area contributed by atoms with Gasteiger partial charge in [0.1, 0.15) is 5.01 Å². The molecule has 10 heteroatoms. The Morgan fingerprint density at radius 3 is 2.29 bits per heavy atom. The van der Waals surface area contributed by atoms with E-state index >= 15 is 0 Å². The molecule has 0 bridgehead atoms. The third kappa shape index (κ3) is 8.38. The molecule has 0 aliphatic carbocycles. The molecule has 6 nitrogen and oxygen atoms in total. The smallest absolute Gasteiger partial charge is 0.342 e. The second-order valence-corrected chi connectivity index (χ2v) is 9.19. The number of rotatable bonds is 13. The van der Waals surface area contributed by atoms with Crippen molar-refractivity contribution in [1.82, 2.24) is 15.1 Å². The van der Waals surface area contributed by atoms with Crippen LogP contribution in [0, 0.1) is 5.92 Å². The zero-order valence-electron chi connectivity index (χ0n) is 20.0. The van der Waals surface area contributed by atoms with Gasteiger partial charge in [0.05, 0.1) is 5.56 Å². The lowest BCUT2D eigenvalue weighted by Crippen LogP contribution is -2.38. The maximum atomic E-state index is 13.0. The molecule has 1 atom stereocenters. The lowest BCUT2D eigenvalue weighted by atomic mass is 9.97. The van der Waals surface area contributed by atoms with Gasteiger partial charge in [0.25, 0.3) is 0 Å². The van der Waals surface area contributed by atoms with E-state index in [1.54, 1.807) is 4.90 Å². The van der Waals surface area contributed by atoms with E-state index in [9.17, 15) is 22.8 Å². The normalized spacial score (nSPS) is 12.4. The summed E-state index contributed by atoms with van der Waals surface area (Å²) in [5.41, 5.74) is -0.253. The summed E-state index contributed by atoms with van der Waals surface area (Å²) in [5, 5.41) is 11.2. The largest absolute Gasteiger partial charge is 0.416 e. The SMILES string of the molecule is CCCC[C@H](CC)C(=O)N(CCCC)CCC(=O)Nc1nnc(-c2ccc(C(F)(F)F)cc2)s1. The van der Waals surface area contributed by atoms with Crippen LogP contribution in [0.1, 0.15) is 71.3 Å². The van der Waals surface area contributed by atoms with Crippen molar-refractivity contribution in [2.45, 2.75) is 71.9 Å². The zero-order valence-corrected chi connectivity index (χ0v) is 20.8. The Hall–Kier alpha value is -2.49. The van der Waals surface area contributed by atoms with Gasteiger partial charge in [0.15, 0.2) is 0 Å². The predicted octanol–water partition coefficient (Wildman–Crippen LogP) is 6.40. The first kappa shape index (κ1) is 27.8. The minimum Gasteiger partial charge on any atom is -0.342 e. The highest BCUT2D eigenvalue weighted by Gasteiger charge is 2.30. The van der Waals surface area contributed by atoms with Crippen LogP contribution in [0.15, 0.2) is 24.3 Å². The van der Waals surface area contributed by atoms with Gasteiger partial charge in [-0.05, 0) is 31.4 Å². The number of anilines is 1. The van der Waals surface area contributed by atoms with Crippen LogP contribution in [0.3, 0.4) is 0 Å². The number of alkyl halides is 3. The molecule has 0 saturated heterocycles. The minimum atomic E-state index is -4.40. The van der Waals surface area contributed by atoms with Crippen LogP contribution < -0.4 is 5.32 Å². The number of nitrogens with zero attached hydrogens (tertiary/aromatic N) is 3. The average molecular weight is 499 g/mol.